The highest BCUT2D eigenvalue weighted by Gasteiger charge is 2.01. The van der Waals surface area contributed by atoms with Crippen LogP contribution in [0.3, 0.4) is 0 Å². The lowest BCUT2D eigenvalue weighted by atomic mass is 10.2. The van der Waals surface area contributed by atoms with Crippen LogP contribution in [0.5, 0.6) is 0 Å². The second kappa shape index (κ2) is 5.79. The lowest BCUT2D eigenvalue weighted by molar-refractivity contribution is -0.121. The number of rotatable bonds is 5. The smallest absolute Gasteiger partial charge is 0.222 e. The molecule has 0 spiro atoms. The van der Waals surface area contributed by atoms with Crippen molar-refractivity contribution in [2.75, 3.05) is 0 Å². The molecule has 2 aromatic rings. The molecule has 0 unspecified atom stereocenters. The monoisotopic (exact) mass is 230 g/mol. The zero-order chi connectivity index (χ0) is 11.9. The van der Waals surface area contributed by atoms with Crippen LogP contribution < -0.4 is 5.32 Å². The number of hydrogen-bond acceptors (Lipinski definition) is 3. The summed E-state index contributed by atoms with van der Waals surface area (Å²) in [6.45, 7) is 1.12. The van der Waals surface area contributed by atoms with E-state index in [1.807, 2.05) is 30.3 Å². The lowest BCUT2D eigenvalue weighted by Crippen LogP contribution is -2.23. The summed E-state index contributed by atoms with van der Waals surface area (Å²) in [4.78, 5) is 15.4. The van der Waals surface area contributed by atoms with Gasteiger partial charge in [0, 0.05) is 13.0 Å². The van der Waals surface area contributed by atoms with Gasteiger partial charge < -0.3 is 5.32 Å². The van der Waals surface area contributed by atoms with Crippen molar-refractivity contribution in [3.8, 4) is 0 Å². The van der Waals surface area contributed by atoms with E-state index in [4.69, 9.17) is 0 Å². The number of hydrogen-bond donors (Lipinski definition) is 1. The minimum atomic E-state index is 0.0179. The maximum atomic E-state index is 11.5. The van der Waals surface area contributed by atoms with Gasteiger partial charge in [0.05, 0.1) is 6.54 Å². The zero-order valence-corrected chi connectivity index (χ0v) is 9.41. The van der Waals surface area contributed by atoms with Crippen molar-refractivity contribution in [2.24, 2.45) is 0 Å². The van der Waals surface area contributed by atoms with E-state index in [0.717, 1.165) is 5.56 Å². The van der Waals surface area contributed by atoms with Crippen molar-refractivity contribution in [3.05, 3.63) is 48.5 Å². The molecule has 0 saturated heterocycles. The Balaban J connectivity index is 1.71. The van der Waals surface area contributed by atoms with Crippen LogP contribution in [0.2, 0.25) is 0 Å². The molecule has 0 fully saturated rings. The van der Waals surface area contributed by atoms with Crippen LogP contribution >= 0.6 is 0 Å². The molecule has 1 heterocycles. The summed E-state index contributed by atoms with van der Waals surface area (Å²) in [5.74, 6) is 0.0179. The Labute approximate surface area is 99.5 Å². The third-order valence-corrected chi connectivity index (χ3v) is 2.37. The summed E-state index contributed by atoms with van der Waals surface area (Å²) in [5.41, 5.74) is 1.10. The Bertz CT molecular complexity index is 453. The first-order valence-electron chi connectivity index (χ1n) is 5.47. The molecule has 2 rings (SSSR count). The molecule has 5 nitrogen and oxygen atoms in total. The summed E-state index contributed by atoms with van der Waals surface area (Å²) in [6.07, 6.45) is 3.47. The molecule has 88 valence electrons. The fourth-order valence-corrected chi connectivity index (χ4v) is 1.45. The van der Waals surface area contributed by atoms with Crippen molar-refractivity contribution in [1.82, 2.24) is 20.1 Å². The molecule has 1 aromatic carbocycles. The molecule has 0 aliphatic rings. The van der Waals surface area contributed by atoms with E-state index in [1.165, 1.54) is 6.33 Å². The number of benzene rings is 1. The maximum Gasteiger partial charge on any atom is 0.222 e. The lowest BCUT2D eigenvalue weighted by Gasteiger charge is -2.05. The third-order valence-electron chi connectivity index (χ3n) is 2.37. The Hall–Kier alpha value is -2.17. The molecule has 1 amide bonds. The van der Waals surface area contributed by atoms with Gasteiger partial charge in [0.1, 0.15) is 12.7 Å². The quantitative estimate of drug-likeness (QED) is 0.833. The minimum Gasteiger partial charge on any atom is -0.352 e. The van der Waals surface area contributed by atoms with E-state index in [1.54, 1.807) is 11.0 Å². The van der Waals surface area contributed by atoms with Gasteiger partial charge in [0.25, 0.3) is 0 Å². The summed E-state index contributed by atoms with van der Waals surface area (Å²) < 4.78 is 1.64. The first kappa shape index (κ1) is 11.3. The van der Waals surface area contributed by atoms with E-state index in [0.29, 0.717) is 19.5 Å². The molecule has 0 bridgehead atoms. The fraction of sp³-hybridized carbons (Fsp3) is 0.250. The van der Waals surface area contributed by atoms with Gasteiger partial charge in [-0.05, 0) is 5.56 Å². The molecule has 0 aliphatic carbocycles. The van der Waals surface area contributed by atoms with E-state index >= 15 is 0 Å². The van der Waals surface area contributed by atoms with Crippen LogP contribution in [0, 0.1) is 0 Å². The second-order valence-electron chi connectivity index (χ2n) is 3.67. The fourth-order valence-electron chi connectivity index (χ4n) is 1.45. The molecule has 1 aromatic heterocycles. The standard InChI is InChI=1S/C12H14N4O/c17-12(6-7-16-10-13-9-15-16)14-8-11-4-2-1-3-5-11/h1-5,9-10H,6-8H2,(H,14,17). The van der Waals surface area contributed by atoms with Gasteiger partial charge in [-0.15, -0.1) is 0 Å². The van der Waals surface area contributed by atoms with Crippen LogP contribution in [0.1, 0.15) is 12.0 Å². The highest BCUT2D eigenvalue weighted by atomic mass is 16.1. The zero-order valence-electron chi connectivity index (χ0n) is 9.41. The molecule has 0 atom stereocenters. The number of amides is 1. The molecule has 17 heavy (non-hydrogen) atoms. The predicted molar refractivity (Wildman–Crippen MR) is 62.9 cm³/mol. The summed E-state index contributed by atoms with van der Waals surface area (Å²) >= 11 is 0. The number of nitrogens with zero attached hydrogens (tertiary/aromatic N) is 3. The van der Waals surface area contributed by atoms with Crippen LogP contribution in [0.4, 0.5) is 0 Å². The van der Waals surface area contributed by atoms with Crippen molar-refractivity contribution < 1.29 is 4.79 Å². The van der Waals surface area contributed by atoms with Gasteiger partial charge in [-0.1, -0.05) is 30.3 Å². The highest BCUT2D eigenvalue weighted by molar-refractivity contribution is 5.75. The number of carbonyl (C=O) groups excluding carboxylic acids is 1. The van der Waals surface area contributed by atoms with Crippen molar-refractivity contribution in [3.63, 3.8) is 0 Å². The number of aromatic nitrogens is 3. The van der Waals surface area contributed by atoms with Crippen molar-refractivity contribution in [1.29, 1.82) is 0 Å². The summed E-state index contributed by atoms with van der Waals surface area (Å²) in [6, 6.07) is 9.83. The summed E-state index contributed by atoms with van der Waals surface area (Å²) in [7, 11) is 0. The molecular formula is C12H14N4O. The molecule has 0 aliphatic heterocycles. The minimum absolute atomic E-state index is 0.0179. The predicted octanol–water partition coefficient (Wildman–Crippen LogP) is 0.985. The van der Waals surface area contributed by atoms with Gasteiger partial charge >= 0.3 is 0 Å². The van der Waals surface area contributed by atoms with Gasteiger partial charge in [0.2, 0.25) is 5.91 Å². The maximum absolute atomic E-state index is 11.5. The molecule has 0 radical (unpaired) electrons. The van der Waals surface area contributed by atoms with Gasteiger partial charge in [-0.2, -0.15) is 5.10 Å². The number of carbonyl (C=O) groups is 1. The topological polar surface area (TPSA) is 59.8 Å². The number of aryl methyl sites for hydroxylation is 1. The van der Waals surface area contributed by atoms with Crippen LogP contribution in [-0.4, -0.2) is 20.7 Å². The molecule has 5 heteroatoms. The Kier molecular flexibility index (Phi) is 3.85. The van der Waals surface area contributed by atoms with Crippen molar-refractivity contribution >= 4 is 5.91 Å². The second-order valence-corrected chi connectivity index (χ2v) is 3.67. The van der Waals surface area contributed by atoms with Crippen molar-refractivity contribution in [2.45, 2.75) is 19.5 Å². The largest absolute Gasteiger partial charge is 0.352 e. The highest BCUT2D eigenvalue weighted by Crippen LogP contribution is 1.97. The van der Waals surface area contributed by atoms with E-state index in [-0.39, 0.29) is 5.91 Å². The van der Waals surface area contributed by atoms with Crippen LogP contribution in [-0.2, 0) is 17.9 Å². The van der Waals surface area contributed by atoms with Gasteiger partial charge in [-0.25, -0.2) is 4.98 Å². The molecule has 1 N–H and O–H groups in total. The molecule has 0 saturated carbocycles. The van der Waals surface area contributed by atoms with E-state index < -0.39 is 0 Å². The number of nitrogens with one attached hydrogen (secondary N) is 1. The summed E-state index contributed by atoms with van der Waals surface area (Å²) in [5, 5.41) is 6.79. The van der Waals surface area contributed by atoms with E-state index in [9.17, 15) is 4.79 Å². The molecular weight excluding hydrogens is 216 g/mol. The average molecular weight is 230 g/mol. The Morgan fingerprint density at radius 3 is 2.82 bits per heavy atom. The van der Waals surface area contributed by atoms with Crippen LogP contribution in [0.15, 0.2) is 43.0 Å². The Morgan fingerprint density at radius 1 is 1.29 bits per heavy atom. The van der Waals surface area contributed by atoms with Crippen LogP contribution in [0.25, 0.3) is 0 Å². The normalized spacial score (nSPS) is 10.1. The van der Waals surface area contributed by atoms with Gasteiger partial charge in [0.15, 0.2) is 0 Å². The third kappa shape index (κ3) is 3.71. The van der Waals surface area contributed by atoms with E-state index in [2.05, 4.69) is 15.4 Å². The average Bonchev–Trinajstić information content (AvgIpc) is 2.88. The van der Waals surface area contributed by atoms with Gasteiger partial charge in [-0.3, -0.25) is 9.48 Å². The first-order chi connectivity index (χ1) is 8.34. The first-order valence-corrected chi connectivity index (χ1v) is 5.47. The SMILES string of the molecule is O=C(CCn1cncn1)NCc1ccccc1. The Morgan fingerprint density at radius 2 is 2.12 bits per heavy atom.